The lowest BCUT2D eigenvalue weighted by Gasteiger charge is -2.17. The van der Waals surface area contributed by atoms with Crippen LogP contribution in [-0.2, 0) is 32.1 Å². The summed E-state index contributed by atoms with van der Waals surface area (Å²) in [6, 6.07) is 15.3. The topological polar surface area (TPSA) is 84.5 Å². The Hall–Kier alpha value is -3.41. The van der Waals surface area contributed by atoms with E-state index >= 15 is 0 Å². The van der Waals surface area contributed by atoms with Crippen LogP contribution in [0.2, 0.25) is 0 Å². The molecule has 2 rings (SSSR count). The number of carbonyl (C=O) groups excluding carboxylic acids is 3. The highest BCUT2D eigenvalue weighted by Gasteiger charge is 2.23. The summed E-state index contributed by atoms with van der Waals surface area (Å²) in [7, 11) is 1.28. The van der Waals surface area contributed by atoms with Gasteiger partial charge in [0, 0.05) is 6.54 Å². The average Bonchev–Trinajstić information content (AvgIpc) is 2.71. The van der Waals surface area contributed by atoms with E-state index in [1.165, 1.54) is 13.2 Å². The second-order valence-electron chi connectivity index (χ2n) is 5.80. The second-order valence-corrected chi connectivity index (χ2v) is 5.80. The summed E-state index contributed by atoms with van der Waals surface area (Å²) in [4.78, 5) is 36.0. The van der Waals surface area contributed by atoms with Crippen molar-refractivity contribution in [3.05, 3.63) is 83.9 Å². The maximum absolute atomic E-state index is 12.5. The van der Waals surface area contributed by atoms with E-state index in [1.54, 1.807) is 24.3 Å². The van der Waals surface area contributed by atoms with E-state index in [0.717, 1.165) is 11.1 Å². The Labute approximate surface area is 158 Å². The molecule has 140 valence electrons. The predicted octanol–water partition coefficient (Wildman–Crippen LogP) is 2.06. The number of hydrogen-bond acceptors (Lipinski definition) is 4. The molecule has 1 unspecified atom stereocenters. The van der Waals surface area contributed by atoms with Crippen molar-refractivity contribution in [3.63, 3.8) is 0 Å². The molecular formula is C21H22N2O4. The highest BCUT2D eigenvalue weighted by Crippen LogP contribution is 2.15. The Bertz CT molecular complexity index is 818. The molecule has 0 fully saturated rings. The maximum Gasteiger partial charge on any atom is 0.333 e. The second kappa shape index (κ2) is 9.91. The van der Waals surface area contributed by atoms with Crippen molar-refractivity contribution in [1.29, 1.82) is 0 Å². The summed E-state index contributed by atoms with van der Waals surface area (Å²) < 4.78 is 4.81. The molecule has 0 spiro atoms. The maximum atomic E-state index is 12.5. The first-order valence-electron chi connectivity index (χ1n) is 8.44. The summed E-state index contributed by atoms with van der Waals surface area (Å²) in [5.41, 5.74) is 2.22. The molecule has 6 heteroatoms. The fraction of sp³-hybridized carbons (Fsp3) is 0.190. The lowest BCUT2D eigenvalue weighted by Crippen LogP contribution is -2.35. The van der Waals surface area contributed by atoms with Crippen LogP contribution in [0, 0.1) is 0 Å². The number of nitrogens with one attached hydrogen (secondary N) is 2. The van der Waals surface area contributed by atoms with E-state index in [2.05, 4.69) is 17.2 Å². The lowest BCUT2D eigenvalue weighted by molar-refractivity contribution is -0.145. The molecule has 6 nitrogen and oxygen atoms in total. The first kappa shape index (κ1) is 19.9. The van der Waals surface area contributed by atoms with Crippen molar-refractivity contribution in [2.24, 2.45) is 0 Å². The number of methoxy groups -OCH3 is 1. The van der Waals surface area contributed by atoms with Gasteiger partial charge in [-0.15, -0.1) is 0 Å². The van der Waals surface area contributed by atoms with Crippen LogP contribution in [0.3, 0.4) is 0 Å². The standard InChI is InChI=1S/C21H22N2O4/c1-3-18(24)22-14-17-12-8-7-11-16(17)13-19(25)23-20(21(26)27-2)15-9-5-4-6-10-15/h3-12,20H,1,13-14H2,2H3,(H,22,24)(H,23,25). The number of carbonyl (C=O) groups is 3. The molecule has 1 atom stereocenters. The molecule has 2 N–H and O–H groups in total. The average molecular weight is 366 g/mol. The van der Waals surface area contributed by atoms with E-state index in [1.807, 2.05) is 30.3 Å². The van der Waals surface area contributed by atoms with Crippen LogP contribution in [0.15, 0.2) is 67.3 Å². The Morgan fingerprint density at radius 3 is 2.30 bits per heavy atom. The zero-order valence-electron chi connectivity index (χ0n) is 15.1. The largest absolute Gasteiger partial charge is 0.467 e. The molecular weight excluding hydrogens is 344 g/mol. The summed E-state index contributed by atoms with van der Waals surface area (Å²) in [6.07, 6.45) is 1.26. The quantitative estimate of drug-likeness (QED) is 0.553. The molecule has 0 bridgehead atoms. The molecule has 27 heavy (non-hydrogen) atoms. The number of ether oxygens (including phenoxy) is 1. The van der Waals surface area contributed by atoms with Crippen LogP contribution in [-0.4, -0.2) is 24.9 Å². The van der Waals surface area contributed by atoms with Gasteiger partial charge in [-0.25, -0.2) is 4.79 Å². The van der Waals surface area contributed by atoms with E-state index in [9.17, 15) is 14.4 Å². The van der Waals surface area contributed by atoms with Gasteiger partial charge >= 0.3 is 5.97 Å². The van der Waals surface area contributed by atoms with Crippen LogP contribution >= 0.6 is 0 Å². The molecule has 0 aromatic heterocycles. The number of benzene rings is 2. The van der Waals surface area contributed by atoms with Crippen LogP contribution < -0.4 is 10.6 Å². The van der Waals surface area contributed by atoms with Crippen LogP contribution in [0.4, 0.5) is 0 Å². The molecule has 0 aliphatic rings. The number of amides is 2. The van der Waals surface area contributed by atoms with Crippen LogP contribution in [0.25, 0.3) is 0 Å². The van der Waals surface area contributed by atoms with E-state index < -0.39 is 12.0 Å². The molecule has 2 aromatic carbocycles. The van der Waals surface area contributed by atoms with Gasteiger partial charge < -0.3 is 15.4 Å². The van der Waals surface area contributed by atoms with Gasteiger partial charge in [0.25, 0.3) is 0 Å². The lowest BCUT2D eigenvalue weighted by atomic mass is 10.0. The minimum Gasteiger partial charge on any atom is -0.467 e. The Morgan fingerprint density at radius 1 is 1.04 bits per heavy atom. The van der Waals surface area contributed by atoms with Crippen LogP contribution in [0.1, 0.15) is 22.7 Å². The first-order valence-corrected chi connectivity index (χ1v) is 8.44. The molecule has 2 amide bonds. The van der Waals surface area contributed by atoms with E-state index in [-0.39, 0.29) is 24.8 Å². The Kier molecular flexibility index (Phi) is 7.31. The van der Waals surface area contributed by atoms with Gasteiger partial charge in [-0.2, -0.15) is 0 Å². The predicted molar refractivity (Wildman–Crippen MR) is 102 cm³/mol. The highest BCUT2D eigenvalue weighted by atomic mass is 16.5. The van der Waals surface area contributed by atoms with Crippen LogP contribution in [0.5, 0.6) is 0 Å². The van der Waals surface area contributed by atoms with Gasteiger partial charge in [0.2, 0.25) is 11.8 Å². The van der Waals surface area contributed by atoms with Crippen molar-refractivity contribution in [1.82, 2.24) is 10.6 Å². The zero-order valence-corrected chi connectivity index (χ0v) is 15.1. The monoisotopic (exact) mass is 366 g/mol. The van der Waals surface area contributed by atoms with Crippen molar-refractivity contribution in [2.75, 3.05) is 7.11 Å². The summed E-state index contributed by atoms with van der Waals surface area (Å²) in [5.74, 6) is -1.15. The van der Waals surface area contributed by atoms with Gasteiger partial charge in [-0.1, -0.05) is 61.2 Å². The van der Waals surface area contributed by atoms with Gasteiger partial charge in [0.15, 0.2) is 6.04 Å². The minimum atomic E-state index is -0.878. The van der Waals surface area contributed by atoms with Gasteiger partial charge in [0.05, 0.1) is 13.5 Å². The number of esters is 1. The fourth-order valence-electron chi connectivity index (χ4n) is 2.58. The highest BCUT2D eigenvalue weighted by molar-refractivity contribution is 5.87. The molecule has 2 aromatic rings. The first-order chi connectivity index (χ1) is 13.0. The molecule has 0 radical (unpaired) electrons. The smallest absolute Gasteiger partial charge is 0.333 e. The summed E-state index contributed by atoms with van der Waals surface area (Å²) >= 11 is 0. The summed E-state index contributed by atoms with van der Waals surface area (Å²) in [6.45, 7) is 3.69. The third-order valence-electron chi connectivity index (χ3n) is 3.98. The summed E-state index contributed by atoms with van der Waals surface area (Å²) in [5, 5.41) is 5.41. The van der Waals surface area contributed by atoms with E-state index in [0.29, 0.717) is 5.56 Å². The molecule has 0 aliphatic carbocycles. The Morgan fingerprint density at radius 2 is 1.67 bits per heavy atom. The normalized spacial score (nSPS) is 11.1. The molecule has 0 saturated carbocycles. The molecule has 0 heterocycles. The third kappa shape index (κ3) is 5.81. The SMILES string of the molecule is C=CC(=O)NCc1ccccc1CC(=O)NC(C(=O)OC)c1ccccc1. The van der Waals surface area contributed by atoms with Crippen molar-refractivity contribution in [3.8, 4) is 0 Å². The number of hydrogen-bond donors (Lipinski definition) is 2. The fourth-order valence-corrected chi connectivity index (χ4v) is 2.58. The van der Waals surface area contributed by atoms with Gasteiger partial charge in [-0.05, 0) is 22.8 Å². The molecule has 0 aliphatic heterocycles. The molecule has 0 saturated heterocycles. The van der Waals surface area contributed by atoms with E-state index in [4.69, 9.17) is 4.74 Å². The van der Waals surface area contributed by atoms with Crippen molar-refractivity contribution in [2.45, 2.75) is 19.0 Å². The van der Waals surface area contributed by atoms with Crippen molar-refractivity contribution < 1.29 is 19.1 Å². The third-order valence-corrected chi connectivity index (χ3v) is 3.98. The van der Waals surface area contributed by atoms with Gasteiger partial charge in [-0.3, -0.25) is 9.59 Å². The van der Waals surface area contributed by atoms with Crippen molar-refractivity contribution >= 4 is 17.8 Å². The number of rotatable bonds is 8. The van der Waals surface area contributed by atoms with Gasteiger partial charge in [0.1, 0.15) is 0 Å². The minimum absolute atomic E-state index is 0.0699. The zero-order chi connectivity index (χ0) is 19.6. The Balaban J connectivity index is 2.11.